The Hall–Kier alpha value is -2.10. The number of piperidine rings is 1. The van der Waals surface area contributed by atoms with Crippen LogP contribution in [0, 0.1) is 5.92 Å². The molecule has 0 radical (unpaired) electrons. The number of hydrogen-bond donors (Lipinski definition) is 1. The summed E-state index contributed by atoms with van der Waals surface area (Å²) >= 11 is 0. The summed E-state index contributed by atoms with van der Waals surface area (Å²) in [7, 11) is 1.86. The SMILES string of the molecule is CN=C(NCc1nccc2ccccc12)N1CCC(C)CC1. The largest absolute Gasteiger partial charge is 0.351 e. The van der Waals surface area contributed by atoms with Crippen molar-refractivity contribution >= 4 is 16.7 Å². The summed E-state index contributed by atoms with van der Waals surface area (Å²) < 4.78 is 0. The van der Waals surface area contributed by atoms with Crippen LogP contribution >= 0.6 is 0 Å². The molecule has 0 atom stereocenters. The van der Waals surface area contributed by atoms with Crippen LogP contribution in [0.3, 0.4) is 0 Å². The van der Waals surface area contributed by atoms with E-state index in [0.717, 1.165) is 30.7 Å². The fourth-order valence-electron chi connectivity index (χ4n) is 3.04. The van der Waals surface area contributed by atoms with E-state index in [1.165, 1.54) is 23.6 Å². The van der Waals surface area contributed by atoms with Crippen molar-refractivity contribution in [2.24, 2.45) is 10.9 Å². The molecule has 1 aliphatic rings. The number of nitrogens with zero attached hydrogens (tertiary/aromatic N) is 3. The molecule has 1 aliphatic heterocycles. The lowest BCUT2D eigenvalue weighted by Gasteiger charge is -2.32. The molecule has 0 saturated carbocycles. The molecule has 1 fully saturated rings. The Morgan fingerprint density at radius 3 is 2.82 bits per heavy atom. The van der Waals surface area contributed by atoms with E-state index in [-0.39, 0.29) is 0 Å². The van der Waals surface area contributed by atoms with Crippen LogP contribution in [-0.2, 0) is 6.54 Å². The van der Waals surface area contributed by atoms with E-state index >= 15 is 0 Å². The van der Waals surface area contributed by atoms with Crippen LogP contribution in [0.4, 0.5) is 0 Å². The van der Waals surface area contributed by atoms with Gasteiger partial charge in [0.15, 0.2) is 5.96 Å². The van der Waals surface area contributed by atoms with Crippen LogP contribution in [0.1, 0.15) is 25.5 Å². The van der Waals surface area contributed by atoms with Crippen LogP contribution in [0.25, 0.3) is 10.8 Å². The maximum atomic E-state index is 4.53. The molecule has 116 valence electrons. The first-order chi connectivity index (χ1) is 10.8. The van der Waals surface area contributed by atoms with E-state index in [0.29, 0.717) is 6.54 Å². The first-order valence-electron chi connectivity index (χ1n) is 8.06. The smallest absolute Gasteiger partial charge is 0.193 e. The molecule has 4 nitrogen and oxygen atoms in total. The Kier molecular flexibility index (Phi) is 4.56. The van der Waals surface area contributed by atoms with Crippen molar-refractivity contribution in [1.29, 1.82) is 0 Å². The molecule has 3 rings (SSSR count). The normalized spacial score (nSPS) is 17.0. The van der Waals surface area contributed by atoms with Gasteiger partial charge in [-0.1, -0.05) is 31.2 Å². The molecular weight excluding hydrogens is 272 g/mol. The van der Waals surface area contributed by atoms with Gasteiger partial charge >= 0.3 is 0 Å². The third kappa shape index (κ3) is 3.21. The highest BCUT2D eigenvalue weighted by atomic mass is 15.3. The Balaban J connectivity index is 1.70. The third-order valence-corrected chi connectivity index (χ3v) is 4.47. The predicted molar refractivity (Wildman–Crippen MR) is 91.9 cm³/mol. The number of benzene rings is 1. The maximum absolute atomic E-state index is 4.53. The minimum absolute atomic E-state index is 0.708. The van der Waals surface area contributed by atoms with Gasteiger partial charge in [0, 0.05) is 31.7 Å². The number of aliphatic imine (C=N–C) groups is 1. The molecule has 0 aliphatic carbocycles. The van der Waals surface area contributed by atoms with Crippen molar-refractivity contribution < 1.29 is 0 Å². The van der Waals surface area contributed by atoms with Crippen molar-refractivity contribution in [1.82, 2.24) is 15.2 Å². The van der Waals surface area contributed by atoms with Crippen molar-refractivity contribution in [3.05, 3.63) is 42.2 Å². The van der Waals surface area contributed by atoms with Crippen LogP contribution in [0.2, 0.25) is 0 Å². The topological polar surface area (TPSA) is 40.5 Å². The first kappa shape index (κ1) is 14.8. The van der Waals surface area contributed by atoms with Crippen LogP contribution in [0.15, 0.2) is 41.5 Å². The van der Waals surface area contributed by atoms with Crippen molar-refractivity contribution in [3.63, 3.8) is 0 Å². The van der Waals surface area contributed by atoms with Gasteiger partial charge < -0.3 is 10.2 Å². The van der Waals surface area contributed by atoms with Gasteiger partial charge in [0.05, 0.1) is 12.2 Å². The van der Waals surface area contributed by atoms with Gasteiger partial charge in [0.1, 0.15) is 0 Å². The maximum Gasteiger partial charge on any atom is 0.193 e. The first-order valence-corrected chi connectivity index (χ1v) is 8.06. The standard InChI is InChI=1S/C18H24N4/c1-14-8-11-22(12-9-14)18(19-2)21-13-17-16-6-4-3-5-15(16)7-10-20-17/h3-7,10,14H,8-9,11-13H2,1-2H3,(H,19,21). The van der Waals surface area contributed by atoms with Gasteiger partial charge in [-0.3, -0.25) is 9.98 Å². The van der Waals surface area contributed by atoms with Gasteiger partial charge in [-0.2, -0.15) is 0 Å². The van der Waals surface area contributed by atoms with Gasteiger partial charge in [-0.25, -0.2) is 0 Å². The summed E-state index contributed by atoms with van der Waals surface area (Å²) in [6.07, 6.45) is 4.37. The minimum atomic E-state index is 0.708. The van der Waals surface area contributed by atoms with Gasteiger partial charge in [0.2, 0.25) is 0 Å². The highest BCUT2D eigenvalue weighted by Gasteiger charge is 2.18. The van der Waals surface area contributed by atoms with E-state index in [2.05, 4.69) is 57.4 Å². The minimum Gasteiger partial charge on any atom is -0.351 e. The molecule has 0 amide bonds. The predicted octanol–water partition coefficient (Wildman–Crippen LogP) is 3.04. The molecule has 1 N–H and O–H groups in total. The molecule has 0 unspecified atom stereocenters. The zero-order valence-corrected chi connectivity index (χ0v) is 13.4. The Labute approximate surface area is 132 Å². The number of guanidine groups is 1. The number of hydrogen-bond acceptors (Lipinski definition) is 2. The molecule has 4 heteroatoms. The molecule has 0 bridgehead atoms. The quantitative estimate of drug-likeness (QED) is 0.684. The van der Waals surface area contributed by atoms with Gasteiger partial charge in [0.25, 0.3) is 0 Å². The fourth-order valence-corrected chi connectivity index (χ4v) is 3.04. The molecule has 1 aromatic heterocycles. The molecule has 1 saturated heterocycles. The lowest BCUT2D eigenvalue weighted by atomic mass is 9.99. The van der Waals surface area contributed by atoms with Crippen molar-refractivity contribution in [3.8, 4) is 0 Å². The zero-order valence-electron chi connectivity index (χ0n) is 13.4. The molecular formula is C18H24N4. The zero-order chi connectivity index (χ0) is 15.4. The Bertz CT molecular complexity index is 652. The van der Waals surface area contributed by atoms with Crippen molar-refractivity contribution in [2.45, 2.75) is 26.3 Å². The number of rotatable bonds is 2. The van der Waals surface area contributed by atoms with Crippen LogP contribution in [-0.4, -0.2) is 36.0 Å². The highest BCUT2D eigenvalue weighted by molar-refractivity contribution is 5.85. The Morgan fingerprint density at radius 1 is 1.27 bits per heavy atom. The monoisotopic (exact) mass is 296 g/mol. The second kappa shape index (κ2) is 6.77. The highest BCUT2D eigenvalue weighted by Crippen LogP contribution is 2.17. The second-order valence-electron chi connectivity index (χ2n) is 6.05. The lowest BCUT2D eigenvalue weighted by molar-refractivity contribution is 0.273. The Morgan fingerprint density at radius 2 is 2.05 bits per heavy atom. The third-order valence-electron chi connectivity index (χ3n) is 4.47. The fraction of sp³-hybridized carbons (Fsp3) is 0.444. The summed E-state index contributed by atoms with van der Waals surface area (Å²) in [6, 6.07) is 10.4. The number of aromatic nitrogens is 1. The van der Waals surface area contributed by atoms with E-state index < -0.39 is 0 Å². The number of fused-ring (bicyclic) bond motifs is 1. The average Bonchev–Trinajstić information content (AvgIpc) is 2.57. The molecule has 1 aromatic carbocycles. The van der Waals surface area contributed by atoms with Crippen LogP contribution in [0.5, 0.6) is 0 Å². The molecule has 2 heterocycles. The molecule has 22 heavy (non-hydrogen) atoms. The number of likely N-dealkylation sites (tertiary alicyclic amines) is 1. The van der Waals surface area contributed by atoms with E-state index in [9.17, 15) is 0 Å². The van der Waals surface area contributed by atoms with E-state index in [4.69, 9.17) is 0 Å². The second-order valence-corrected chi connectivity index (χ2v) is 6.05. The molecule has 0 spiro atoms. The summed E-state index contributed by atoms with van der Waals surface area (Å²) in [5, 5.41) is 5.92. The van der Waals surface area contributed by atoms with Crippen LogP contribution < -0.4 is 5.32 Å². The average molecular weight is 296 g/mol. The number of pyridine rings is 1. The molecule has 2 aromatic rings. The van der Waals surface area contributed by atoms with Gasteiger partial charge in [-0.05, 0) is 30.2 Å². The van der Waals surface area contributed by atoms with Gasteiger partial charge in [-0.15, -0.1) is 0 Å². The summed E-state index contributed by atoms with van der Waals surface area (Å²) in [6.45, 7) is 5.21. The summed E-state index contributed by atoms with van der Waals surface area (Å²) in [5.41, 5.74) is 1.07. The number of nitrogens with one attached hydrogen (secondary N) is 1. The van der Waals surface area contributed by atoms with E-state index in [1.54, 1.807) is 0 Å². The summed E-state index contributed by atoms with van der Waals surface area (Å²) in [4.78, 5) is 11.3. The summed E-state index contributed by atoms with van der Waals surface area (Å²) in [5.74, 6) is 1.82. The lowest BCUT2D eigenvalue weighted by Crippen LogP contribution is -2.45. The van der Waals surface area contributed by atoms with E-state index in [1.807, 2.05) is 13.2 Å². The van der Waals surface area contributed by atoms with Crippen molar-refractivity contribution in [2.75, 3.05) is 20.1 Å².